The molecule has 0 aliphatic carbocycles. The van der Waals surface area contributed by atoms with Gasteiger partial charge < -0.3 is 19.8 Å². The SMILES string of the molecule is O=C(NCC(F)(F)F)C1CC2(CO1)CN(Cc1cnc[nH]1)CCO2. The summed E-state index contributed by atoms with van der Waals surface area (Å²) in [6.07, 6.45) is -1.77. The van der Waals surface area contributed by atoms with Crippen LogP contribution in [0.2, 0.25) is 0 Å². The quantitative estimate of drug-likeness (QED) is 0.826. The van der Waals surface area contributed by atoms with Crippen molar-refractivity contribution in [2.75, 3.05) is 32.8 Å². The Bertz CT molecular complexity index is 566. The lowest BCUT2D eigenvalue weighted by molar-refractivity contribution is -0.143. The Balaban J connectivity index is 1.54. The number of hydrogen-bond acceptors (Lipinski definition) is 5. The minimum Gasteiger partial charge on any atom is -0.370 e. The molecule has 2 aliphatic heterocycles. The molecular formula is C14H19F3N4O3. The lowest BCUT2D eigenvalue weighted by atomic mass is 9.97. The van der Waals surface area contributed by atoms with Crippen LogP contribution in [-0.2, 0) is 20.8 Å². The number of nitrogens with zero attached hydrogens (tertiary/aromatic N) is 2. The molecule has 2 fully saturated rings. The predicted octanol–water partition coefficient (Wildman–Crippen LogP) is 0.448. The summed E-state index contributed by atoms with van der Waals surface area (Å²) in [4.78, 5) is 21.0. The van der Waals surface area contributed by atoms with E-state index in [1.165, 1.54) is 0 Å². The van der Waals surface area contributed by atoms with Gasteiger partial charge in [-0.15, -0.1) is 0 Å². The Morgan fingerprint density at radius 2 is 2.38 bits per heavy atom. The van der Waals surface area contributed by atoms with Crippen molar-refractivity contribution in [1.82, 2.24) is 20.2 Å². The summed E-state index contributed by atoms with van der Waals surface area (Å²) >= 11 is 0. The van der Waals surface area contributed by atoms with Gasteiger partial charge in [-0.05, 0) is 0 Å². The lowest BCUT2D eigenvalue weighted by Crippen LogP contribution is -2.52. The van der Waals surface area contributed by atoms with E-state index < -0.39 is 30.3 Å². The molecule has 0 radical (unpaired) electrons. The standard InChI is InChI=1S/C14H19F3N4O3/c15-14(16,17)6-19-12(22)11-3-13(8-23-11)7-21(1-2-24-13)5-10-4-18-9-20-10/h4,9,11H,1-3,5-8H2,(H,18,20)(H,19,22). The molecule has 10 heteroatoms. The number of morpholine rings is 1. The van der Waals surface area contributed by atoms with E-state index in [1.807, 2.05) is 5.32 Å². The largest absolute Gasteiger partial charge is 0.405 e. The van der Waals surface area contributed by atoms with Crippen LogP contribution in [0, 0.1) is 0 Å². The highest BCUT2D eigenvalue weighted by Gasteiger charge is 2.47. The number of halogens is 3. The van der Waals surface area contributed by atoms with E-state index in [2.05, 4.69) is 14.9 Å². The normalized spacial score (nSPS) is 28.4. The van der Waals surface area contributed by atoms with Crippen molar-refractivity contribution in [1.29, 1.82) is 0 Å². The minimum absolute atomic E-state index is 0.191. The van der Waals surface area contributed by atoms with Crippen LogP contribution in [-0.4, -0.2) is 71.5 Å². The molecule has 1 aromatic heterocycles. The molecule has 134 valence electrons. The molecule has 3 rings (SSSR count). The number of carbonyl (C=O) groups is 1. The van der Waals surface area contributed by atoms with Gasteiger partial charge in [0.05, 0.1) is 19.5 Å². The van der Waals surface area contributed by atoms with E-state index >= 15 is 0 Å². The van der Waals surface area contributed by atoms with Crippen LogP contribution in [0.5, 0.6) is 0 Å². The molecule has 0 aromatic carbocycles. The van der Waals surface area contributed by atoms with Crippen molar-refractivity contribution >= 4 is 5.91 Å². The fourth-order valence-electron chi connectivity index (χ4n) is 3.06. The first kappa shape index (κ1) is 17.2. The summed E-state index contributed by atoms with van der Waals surface area (Å²) in [5.41, 5.74) is 0.309. The highest BCUT2D eigenvalue weighted by Crippen LogP contribution is 2.32. The highest BCUT2D eigenvalue weighted by atomic mass is 19.4. The fourth-order valence-corrected chi connectivity index (χ4v) is 3.06. The number of imidazole rings is 1. The number of hydrogen-bond donors (Lipinski definition) is 2. The molecule has 3 heterocycles. The molecule has 2 unspecified atom stereocenters. The van der Waals surface area contributed by atoms with Crippen LogP contribution in [0.1, 0.15) is 12.1 Å². The Morgan fingerprint density at radius 3 is 3.08 bits per heavy atom. The van der Waals surface area contributed by atoms with Gasteiger partial charge in [0.25, 0.3) is 0 Å². The van der Waals surface area contributed by atoms with Crippen molar-refractivity contribution in [3.8, 4) is 0 Å². The molecule has 7 nitrogen and oxygen atoms in total. The summed E-state index contributed by atoms with van der Waals surface area (Å²) in [5.74, 6) is -0.751. The Kier molecular flexibility index (Phi) is 4.79. The topological polar surface area (TPSA) is 79.5 Å². The first-order valence-electron chi connectivity index (χ1n) is 7.65. The van der Waals surface area contributed by atoms with E-state index in [9.17, 15) is 18.0 Å². The number of rotatable bonds is 4. The highest BCUT2D eigenvalue weighted by molar-refractivity contribution is 5.81. The van der Waals surface area contributed by atoms with Gasteiger partial charge in [0.15, 0.2) is 0 Å². The van der Waals surface area contributed by atoms with Gasteiger partial charge in [-0.3, -0.25) is 9.69 Å². The molecule has 0 bridgehead atoms. The van der Waals surface area contributed by atoms with Gasteiger partial charge in [0.2, 0.25) is 5.91 Å². The van der Waals surface area contributed by atoms with Crippen molar-refractivity contribution in [3.63, 3.8) is 0 Å². The number of amides is 1. The second-order valence-corrected chi connectivity index (χ2v) is 6.16. The minimum atomic E-state index is -4.44. The number of alkyl halides is 3. The van der Waals surface area contributed by atoms with Crippen LogP contribution in [0.4, 0.5) is 13.2 Å². The second-order valence-electron chi connectivity index (χ2n) is 6.16. The van der Waals surface area contributed by atoms with Crippen LogP contribution >= 0.6 is 0 Å². The average molecular weight is 348 g/mol. The molecule has 2 saturated heterocycles. The van der Waals surface area contributed by atoms with Gasteiger partial charge in [0.1, 0.15) is 18.2 Å². The van der Waals surface area contributed by atoms with Gasteiger partial charge in [-0.25, -0.2) is 4.98 Å². The first-order chi connectivity index (χ1) is 11.4. The van der Waals surface area contributed by atoms with Gasteiger partial charge >= 0.3 is 6.18 Å². The van der Waals surface area contributed by atoms with E-state index in [0.29, 0.717) is 19.7 Å². The van der Waals surface area contributed by atoms with Crippen LogP contribution < -0.4 is 5.32 Å². The van der Waals surface area contributed by atoms with Gasteiger partial charge in [0, 0.05) is 37.9 Å². The number of H-pyrrole nitrogens is 1. The zero-order chi connectivity index (χ0) is 17.2. The molecule has 2 N–H and O–H groups in total. The number of carbonyl (C=O) groups excluding carboxylic acids is 1. The summed E-state index contributed by atoms with van der Waals surface area (Å²) in [7, 11) is 0. The number of aromatic nitrogens is 2. The van der Waals surface area contributed by atoms with E-state index in [-0.39, 0.29) is 13.0 Å². The summed E-state index contributed by atoms with van der Waals surface area (Å²) < 4.78 is 47.8. The molecule has 1 spiro atoms. The van der Waals surface area contributed by atoms with Gasteiger partial charge in [-0.2, -0.15) is 13.2 Å². The molecular weight excluding hydrogens is 329 g/mol. The van der Waals surface area contributed by atoms with Crippen LogP contribution in [0.3, 0.4) is 0 Å². The Morgan fingerprint density at radius 1 is 1.54 bits per heavy atom. The van der Waals surface area contributed by atoms with Crippen LogP contribution in [0.15, 0.2) is 12.5 Å². The molecule has 24 heavy (non-hydrogen) atoms. The van der Waals surface area contributed by atoms with Crippen molar-refractivity contribution in [2.45, 2.75) is 30.8 Å². The third-order valence-corrected chi connectivity index (χ3v) is 4.14. The molecule has 0 saturated carbocycles. The maximum absolute atomic E-state index is 12.2. The van der Waals surface area contributed by atoms with Crippen molar-refractivity contribution in [2.24, 2.45) is 0 Å². The number of nitrogens with one attached hydrogen (secondary N) is 2. The van der Waals surface area contributed by atoms with Gasteiger partial charge in [-0.1, -0.05) is 0 Å². The molecule has 1 aromatic rings. The van der Waals surface area contributed by atoms with Crippen molar-refractivity contribution < 1.29 is 27.4 Å². The van der Waals surface area contributed by atoms with E-state index in [4.69, 9.17) is 9.47 Å². The number of ether oxygens (including phenoxy) is 2. The Hall–Kier alpha value is -1.65. The first-order valence-corrected chi connectivity index (χ1v) is 7.65. The maximum Gasteiger partial charge on any atom is 0.405 e. The van der Waals surface area contributed by atoms with E-state index in [1.54, 1.807) is 12.5 Å². The molecule has 2 aliphatic rings. The van der Waals surface area contributed by atoms with Crippen molar-refractivity contribution in [3.05, 3.63) is 18.2 Å². The summed E-state index contributed by atoms with van der Waals surface area (Å²) in [6, 6.07) is 0. The Labute approximate surface area is 136 Å². The lowest BCUT2D eigenvalue weighted by Gasteiger charge is -2.39. The maximum atomic E-state index is 12.2. The second kappa shape index (κ2) is 6.69. The van der Waals surface area contributed by atoms with E-state index in [0.717, 1.165) is 12.2 Å². The van der Waals surface area contributed by atoms with Crippen LogP contribution in [0.25, 0.3) is 0 Å². The summed E-state index contributed by atoms with van der Waals surface area (Å²) in [5, 5.41) is 1.86. The zero-order valence-corrected chi connectivity index (χ0v) is 12.9. The fraction of sp³-hybridized carbons (Fsp3) is 0.714. The zero-order valence-electron chi connectivity index (χ0n) is 12.9. The molecule has 1 amide bonds. The third-order valence-electron chi connectivity index (χ3n) is 4.14. The monoisotopic (exact) mass is 348 g/mol. The summed E-state index contributed by atoms with van der Waals surface area (Å²) in [6.45, 7) is 1.26. The smallest absolute Gasteiger partial charge is 0.370 e. The number of aromatic amines is 1. The predicted molar refractivity (Wildman–Crippen MR) is 76.0 cm³/mol. The average Bonchev–Trinajstić information content (AvgIpc) is 3.15. The molecule has 2 atom stereocenters. The third kappa shape index (κ3) is 4.25.